The molecule has 0 aliphatic heterocycles. The molecule has 0 aromatic carbocycles. The van der Waals surface area contributed by atoms with Gasteiger partial charge in [-0.25, -0.2) is 61.3 Å². The van der Waals surface area contributed by atoms with Crippen LogP contribution in [-0.4, -0.2) is 316 Å². The molecule has 0 fully saturated rings. The van der Waals surface area contributed by atoms with Crippen molar-refractivity contribution in [1.29, 1.82) is 0 Å². The standard InChI is InChI=1S/C15H32O5S.C10H19NO2.C9H17NO2.C8H15NO2.C7H13NO2.4C3H8O5S/c1-2-3-4-5-6-7-8-9-10-11-12-13-19-14-15-20-21(16,17)18;1-5-11(6-2)7-8-13-10(12)9(3)4;1-4-9(11)12-8-7-10(5-2)6-3;1-7(2)8(10)11-6-5-9(3)4;1-4-7(9)10-6-5-8(2)3;4*1-7-2-3-8-9(4,5)6/h2-15H2,1H3,(H,16,17,18);3,5-8H2,1-2,4H3;4H,1,5-8H2,2-3H3;1,5-6H2,2-4H3;4H,1,5-6H2,2-3H3;4*2-3H2,1H3,(H,4,5,6)/p-5. The Bertz CT molecular complexity index is 2460. The molecule has 0 spiro atoms. The van der Waals surface area contributed by atoms with Crippen LogP contribution >= 0.6 is 0 Å². The van der Waals surface area contributed by atoms with Crippen molar-refractivity contribution in [3.05, 3.63) is 49.6 Å². The van der Waals surface area contributed by atoms with Gasteiger partial charge >= 0.3 is 23.9 Å². The highest BCUT2D eigenvalue weighted by molar-refractivity contribution is 7.81. The molecular formula is C61H123N4O33S5-5. The van der Waals surface area contributed by atoms with Crippen molar-refractivity contribution in [3.8, 4) is 0 Å². The molecule has 0 aromatic rings. The minimum absolute atomic E-state index is 0.0987. The van der Waals surface area contributed by atoms with Crippen molar-refractivity contribution in [3.63, 3.8) is 0 Å². The van der Waals surface area contributed by atoms with Gasteiger partial charge in [-0.2, -0.15) is 0 Å². The maximum atomic E-state index is 11.0. The van der Waals surface area contributed by atoms with Gasteiger partial charge in [0.15, 0.2) is 0 Å². The molecule has 0 aromatic heterocycles. The van der Waals surface area contributed by atoms with Crippen LogP contribution in [0.4, 0.5) is 0 Å². The number of ether oxygens (including phenoxy) is 9. The first-order valence-electron chi connectivity index (χ1n) is 32.4. The van der Waals surface area contributed by atoms with Gasteiger partial charge in [0.2, 0.25) is 52.0 Å². The number of carbonyl (C=O) groups is 4. The molecule has 0 N–H and O–H groups in total. The Kier molecular flexibility index (Phi) is 93.2. The van der Waals surface area contributed by atoms with E-state index in [1.165, 1.54) is 92.3 Å². The third-order valence-electron chi connectivity index (χ3n) is 11.1. The van der Waals surface area contributed by atoms with E-state index < -0.39 is 52.0 Å². The van der Waals surface area contributed by atoms with E-state index in [2.05, 4.69) is 111 Å². The highest BCUT2D eigenvalue weighted by Crippen LogP contribution is 2.11. The average molecular weight is 1600 g/mol. The van der Waals surface area contributed by atoms with Crippen molar-refractivity contribution in [2.24, 2.45) is 0 Å². The number of hydrogen-bond donors (Lipinski definition) is 0. The van der Waals surface area contributed by atoms with Gasteiger partial charge in [0, 0.05) is 84.5 Å². The monoisotopic (exact) mass is 1600 g/mol. The number of unbranched alkanes of at least 4 members (excludes halogenated alkanes) is 10. The van der Waals surface area contributed by atoms with Gasteiger partial charge in [0.05, 0.1) is 66.1 Å². The van der Waals surface area contributed by atoms with Gasteiger partial charge in [-0.15, -0.1) is 0 Å². The number of nitrogens with zero attached hydrogens (tertiary/aromatic N) is 4. The van der Waals surface area contributed by atoms with E-state index in [-0.39, 0.29) is 89.9 Å². The van der Waals surface area contributed by atoms with Gasteiger partial charge in [-0.05, 0) is 74.6 Å². The number of methoxy groups -OCH3 is 4. The molecule has 103 heavy (non-hydrogen) atoms. The van der Waals surface area contributed by atoms with Crippen molar-refractivity contribution < 1.29 is 148 Å². The van der Waals surface area contributed by atoms with Gasteiger partial charge in [0.25, 0.3) is 0 Å². The number of likely N-dealkylation sites (N-methyl/N-ethyl adjacent to an activating group) is 4. The van der Waals surface area contributed by atoms with Crippen molar-refractivity contribution in [2.45, 2.75) is 119 Å². The molecule has 0 radical (unpaired) electrons. The summed E-state index contributed by atoms with van der Waals surface area (Å²) in [6.07, 6.45) is 16.4. The maximum absolute atomic E-state index is 11.0. The Balaban J connectivity index is -0.000000140. The molecule has 37 nitrogen and oxygen atoms in total. The van der Waals surface area contributed by atoms with Gasteiger partial charge in [0.1, 0.15) is 26.4 Å². The zero-order valence-electron chi connectivity index (χ0n) is 63.3. The first kappa shape index (κ1) is 117. The van der Waals surface area contributed by atoms with Gasteiger partial charge in [-0.1, -0.05) is 125 Å². The number of esters is 4. The molecule has 0 rings (SSSR count). The second-order valence-electron chi connectivity index (χ2n) is 20.5. The Morgan fingerprint density at radius 1 is 0.340 bits per heavy atom. The van der Waals surface area contributed by atoms with Crippen LogP contribution in [0.3, 0.4) is 0 Å². The lowest BCUT2D eigenvalue weighted by molar-refractivity contribution is -0.140. The van der Waals surface area contributed by atoms with E-state index in [1.807, 2.05) is 38.0 Å². The molecule has 620 valence electrons. The van der Waals surface area contributed by atoms with E-state index in [0.717, 1.165) is 71.3 Å². The molecule has 0 aliphatic carbocycles. The second-order valence-corrected chi connectivity index (χ2v) is 25.8. The Morgan fingerprint density at radius 3 is 0.796 bits per heavy atom. The molecule has 0 heterocycles. The number of carbonyl (C=O) groups excluding carboxylic acids is 4. The largest absolute Gasteiger partial charge is 0.726 e. The molecule has 0 unspecified atom stereocenters. The molecule has 0 saturated heterocycles. The van der Waals surface area contributed by atoms with E-state index >= 15 is 0 Å². The summed E-state index contributed by atoms with van der Waals surface area (Å²) in [5.41, 5.74) is 0.906. The minimum atomic E-state index is -4.57. The van der Waals surface area contributed by atoms with Crippen LogP contribution in [0.15, 0.2) is 49.6 Å². The Hall–Kier alpha value is -4.17. The molecule has 0 saturated carbocycles. The third-order valence-corrected chi connectivity index (χ3v) is 13.4. The average Bonchev–Trinajstić information content (AvgIpc) is 1.31. The van der Waals surface area contributed by atoms with Crippen LogP contribution in [0.2, 0.25) is 0 Å². The van der Waals surface area contributed by atoms with Gasteiger partial charge in [-0.3, -0.25) is 20.9 Å². The summed E-state index contributed by atoms with van der Waals surface area (Å²) >= 11 is 0. The normalized spacial score (nSPS) is 11.0. The third kappa shape index (κ3) is 134. The van der Waals surface area contributed by atoms with Crippen LogP contribution < -0.4 is 0 Å². The summed E-state index contributed by atoms with van der Waals surface area (Å²) in [7, 11) is -9.49. The first-order valence-corrected chi connectivity index (χ1v) is 39.1. The summed E-state index contributed by atoms with van der Waals surface area (Å²) in [6, 6.07) is 0. The van der Waals surface area contributed by atoms with Crippen LogP contribution in [0.5, 0.6) is 0 Å². The maximum Gasteiger partial charge on any atom is 0.333 e. The molecule has 0 amide bonds. The van der Waals surface area contributed by atoms with Gasteiger partial charge < -0.3 is 85.0 Å². The summed E-state index contributed by atoms with van der Waals surface area (Å²) in [5.74, 6) is -1.32. The quantitative estimate of drug-likeness (QED) is 0.0209. The van der Waals surface area contributed by atoms with Crippen molar-refractivity contribution >= 4 is 75.9 Å². The van der Waals surface area contributed by atoms with Crippen LogP contribution in [0.1, 0.15) is 119 Å². The van der Waals surface area contributed by atoms with Crippen LogP contribution in [0, 0.1) is 0 Å². The lowest BCUT2D eigenvalue weighted by Gasteiger charge is -2.17. The predicted octanol–water partition coefficient (Wildman–Crippen LogP) is 3.68. The molecule has 0 bridgehead atoms. The van der Waals surface area contributed by atoms with Crippen LogP contribution in [0.25, 0.3) is 0 Å². The van der Waals surface area contributed by atoms with Crippen molar-refractivity contribution in [1.82, 2.24) is 19.6 Å². The highest BCUT2D eigenvalue weighted by Gasteiger charge is 2.06. The molecule has 0 aliphatic rings. The fraction of sp³-hybridized carbons (Fsp3) is 0.803. The van der Waals surface area contributed by atoms with E-state index in [1.54, 1.807) is 13.8 Å². The lowest BCUT2D eigenvalue weighted by atomic mass is 10.1. The summed E-state index contributed by atoms with van der Waals surface area (Å²) < 4.78 is 208. The van der Waals surface area contributed by atoms with E-state index in [4.69, 9.17) is 23.7 Å². The Morgan fingerprint density at radius 2 is 0.573 bits per heavy atom. The SMILES string of the molecule is C=C(C)C(=O)OCCN(C)C.C=C(C)C(=O)OCCN(CC)CC.C=CC(=O)OCCN(C)C.C=CC(=O)OCCN(CC)CC.CCCCCCCCCCCCCOCCOS(=O)(=O)[O-].COCCOS(=O)(=O)[O-].COCCOS(=O)(=O)[O-].COCCOS(=O)(=O)[O-].COCCOS(=O)(=O)[O-]. The highest BCUT2D eigenvalue weighted by atomic mass is 32.3. The Labute approximate surface area is 616 Å². The van der Waals surface area contributed by atoms with Crippen LogP contribution in [-0.2, 0) is 135 Å². The number of hydrogen-bond acceptors (Lipinski definition) is 37. The first-order chi connectivity index (χ1) is 47.9. The summed E-state index contributed by atoms with van der Waals surface area (Å²) in [5, 5.41) is 0. The zero-order chi connectivity index (χ0) is 81.6. The second kappa shape index (κ2) is 81.9. The fourth-order valence-electron chi connectivity index (χ4n) is 5.68. The van der Waals surface area contributed by atoms with E-state index in [9.17, 15) is 84.0 Å². The number of rotatable bonds is 52. The van der Waals surface area contributed by atoms with E-state index in [0.29, 0.717) is 44.2 Å². The topological polar surface area (TPSA) is 496 Å². The zero-order valence-corrected chi connectivity index (χ0v) is 67.4. The molecule has 42 heteroatoms. The molecular weight excluding hydrogens is 1480 g/mol. The molecule has 0 atom stereocenters. The smallest absolute Gasteiger partial charge is 0.333 e. The summed E-state index contributed by atoms with van der Waals surface area (Å²) in [6.45, 7) is 36.3. The van der Waals surface area contributed by atoms with Crippen molar-refractivity contribution in [2.75, 3.05) is 208 Å². The summed E-state index contributed by atoms with van der Waals surface area (Å²) in [4.78, 5) is 51.1. The fourth-order valence-corrected chi connectivity index (χ4v) is 7.04. The predicted molar refractivity (Wildman–Crippen MR) is 380 cm³/mol. The lowest BCUT2D eigenvalue weighted by Crippen LogP contribution is -2.27. The minimum Gasteiger partial charge on any atom is -0.726 e.